The largest absolute Gasteiger partial charge is 0.364 e. The zero-order chi connectivity index (χ0) is 12.4. The number of hydrogen-bond donors (Lipinski definition) is 2. The lowest BCUT2D eigenvalue weighted by atomic mass is 10.1. The predicted molar refractivity (Wildman–Crippen MR) is 66.5 cm³/mol. The normalized spacial score (nSPS) is 19.9. The van der Waals surface area contributed by atoms with Gasteiger partial charge in [-0.15, -0.1) is 0 Å². The van der Waals surface area contributed by atoms with Gasteiger partial charge < -0.3 is 10.6 Å². The summed E-state index contributed by atoms with van der Waals surface area (Å²) in [4.78, 5) is 23.1. The van der Waals surface area contributed by atoms with Crippen LogP contribution in [0, 0.1) is 6.92 Å². The van der Waals surface area contributed by atoms with Crippen LogP contribution in [0.5, 0.6) is 0 Å². The van der Waals surface area contributed by atoms with Crippen LogP contribution in [-0.2, 0) is 4.79 Å². The highest BCUT2D eigenvalue weighted by molar-refractivity contribution is 7.10. The molecule has 1 fully saturated rings. The molecule has 1 unspecified atom stereocenters. The lowest BCUT2D eigenvalue weighted by Crippen LogP contribution is -2.44. The molecule has 2 heterocycles. The minimum atomic E-state index is -0.248. The number of anilines is 1. The number of carbonyl (C=O) groups excluding carboxylic acids is 2. The molecule has 0 aromatic carbocycles. The first kappa shape index (κ1) is 12.0. The van der Waals surface area contributed by atoms with Gasteiger partial charge in [0.05, 0.1) is 11.3 Å². The summed E-state index contributed by atoms with van der Waals surface area (Å²) in [5.41, 5.74) is 1.33. The van der Waals surface area contributed by atoms with Gasteiger partial charge in [0.15, 0.2) is 5.78 Å². The Kier molecular flexibility index (Phi) is 3.42. The zero-order valence-electron chi connectivity index (χ0n) is 9.87. The van der Waals surface area contributed by atoms with Gasteiger partial charge in [0.25, 0.3) is 0 Å². The summed E-state index contributed by atoms with van der Waals surface area (Å²) < 4.78 is 4.15. The molecule has 1 atom stereocenters. The summed E-state index contributed by atoms with van der Waals surface area (Å²) in [6.07, 6.45) is 1.75. The quantitative estimate of drug-likeness (QED) is 0.798. The van der Waals surface area contributed by atoms with Gasteiger partial charge in [0.2, 0.25) is 5.91 Å². The summed E-state index contributed by atoms with van der Waals surface area (Å²) >= 11 is 1.24. The third-order valence-corrected chi connectivity index (χ3v) is 3.68. The van der Waals surface area contributed by atoms with E-state index in [9.17, 15) is 9.59 Å². The van der Waals surface area contributed by atoms with Crippen LogP contribution in [0.25, 0.3) is 0 Å². The molecule has 0 bridgehead atoms. The van der Waals surface area contributed by atoms with Crippen molar-refractivity contribution in [3.8, 4) is 0 Å². The summed E-state index contributed by atoms with van der Waals surface area (Å²) in [5, 5.41) is 6.64. The van der Waals surface area contributed by atoms with Crippen molar-refractivity contribution in [2.75, 3.05) is 11.9 Å². The van der Waals surface area contributed by atoms with Crippen LogP contribution in [0.1, 0.15) is 35.8 Å². The highest BCUT2D eigenvalue weighted by Gasteiger charge is 2.24. The van der Waals surface area contributed by atoms with Crippen molar-refractivity contribution in [1.29, 1.82) is 0 Å². The van der Waals surface area contributed by atoms with Gasteiger partial charge in [-0.05, 0) is 38.2 Å². The Morgan fingerprint density at radius 3 is 3.00 bits per heavy atom. The Labute approximate surface area is 104 Å². The van der Waals surface area contributed by atoms with E-state index in [1.54, 1.807) is 6.92 Å². The molecule has 1 aromatic rings. The molecular weight excluding hydrogens is 238 g/mol. The van der Waals surface area contributed by atoms with Gasteiger partial charge in [-0.1, -0.05) is 0 Å². The van der Waals surface area contributed by atoms with Gasteiger partial charge in [-0.2, -0.15) is 4.37 Å². The number of aromatic nitrogens is 1. The number of Topliss-reactive ketones (excluding diaryl/α,β-unsaturated/α-hetero) is 1. The van der Waals surface area contributed by atoms with E-state index in [1.807, 2.05) is 0 Å². The molecule has 0 aliphatic carbocycles. The predicted octanol–water partition coefficient (Wildman–Crippen LogP) is 1.34. The average Bonchev–Trinajstić information content (AvgIpc) is 2.63. The van der Waals surface area contributed by atoms with E-state index >= 15 is 0 Å². The number of hydrogen-bond acceptors (Lipinski definition) is 5. The molecule has 92 valence electrons. The molecule has 1 aromatic heterocycles. The van der Waals surface area contributed by atoms with E-state index in [0.717, 1.165) is 25.1 Å². The third-order valence-electron chi connectivity index (χ3n) is 2.81. The number of nitrogens with zero attached hydrogens (tertiary/aromatic N) is 1. The van der Waals surface area contributed by atoms with Crippen LogP contribution in [0.2, 0.25) is 0 Å². The summed E-state index contributed by atoms with van der Waals surface area (Å²) in [6, 6.07) is -0.248. The highest BCUT2D eigenvalue weighted by atomic mass is 32.1. The van der Waals surface area contributed by atoms with E-state index in [0.29, 0.717) is 10.6 Å². The van der Waals surface area contributed by atoms with Crippen molar-refractivity contribution in [2.45, 2.75) is 32.7 Å². The van der Waals surface area contributed by atoms with Crippen molar-refractivity contribution < 1.29 is 9.59 Å². The number of nitrogens with one attached hydrogen (secondary N) is 2. The fourth-order valence-corrected chi connectivity index (χ4v) is 2.85. The van der Waals surface area contributed by atoms with Gasteiger partial charge in [-0.25, -0.2) is 0 Å². The summed E-state index contributed by atoms with van der Waals surface area (Å²) in [7, 11) is 0. The Morgan fingerprint density at radius 2 is 2.35 bits per heavy atom. The minimum absolute atomic E-state index is 0.00296. The van der Waals surface area contributed by atoms with Crippen molar-refractivity contribution in [3.63, 3.8) is 0 Å². The van der Waals surface area contributed by atoms with Gasteiger partial charge in [-0.3, -0.25) is 9.59 Å². The third kappa shape index (κ3) is 2.46. The van der Waals surface area contributed by atoms with E-state index < -0.39 is 0 Å². The molecule has 5 nitrogen and oxygen atoms in total. The van der Waals surface area contributed by atoms with Crippen molar-refractivity contribution in [1.82, 2.24) is 9.69 Å². The van der Waals surface area contributed by atoms with Crippen LogP contribution < -0.4 is 10.6 Å². The number of aryl methyl sites for hydroxylation is 1. The molecule has 1 amide bonds. The SMILES string of the molecule is CC(=O)c1c(C)nsc1NC1CCCNC1=O. The second-order valence-electron chi connectivity index (χ2n) is 4.16. The highest BCUT2D eigenvalue weighted by Crippen LogP contribution is 2.26. The Hall–Kier alpha value is -1.43. The van der Waals surface area contributed by atoms with Crippen LogP contribution in [0.15, 0.2) is 0 Å². The summed E-state index contributed by atoms with van der Waals surface area (Å²) in [5.74, 6) is -0.0215. The molecule has 0 saturated carbocycles. The zero-order valence-corrected chi connectivity index (χ0v) is 10.7. The first-order chi connectivity index (χ1) is 8.09. The molecule has 0 spiro atoms. The van der Waals surface area contributed by atoms with E-state index in [2.05, 4.69) is 15.0 Å². The standard InChI is InChI=1S/C11H15N3O2S/c1-6-9(7(2)15)11(17-14-6)13-8-4-3-5-12-10(8)16/h8,13H,3-5H2,1-2H3,(H,12,16). The Bertz CT molecular complexity index is 456. The van der Waals surface area contributed by atoms with Crippen LogP contribution in [0.4, 0.5) is 5.00 Å². The minimum Gasteiger partial charge on any atom is -0.364 e. The van der Waals surface area contributed by atoms with E-state index in [-0.39, 0.29) is 17.7 Å². The van der Waals surface area contributed by atoms with Gasteiger partial charge in [0.1, 0.15) is 11.0 Å². The second kappa shape index (κ2) is 4.83. The van der Waals surface area contributed by atoms with Crippen LogP contribution in [0.3, 0.4) is 0 Å². The number of amides is 1. The molecule has 2 rings (SSSR count). The molecule has 6 heteroatoms. The first-order valence-electron chi connectivity index (χ1n) is 5.61. The Balaban J connectivity index is 2.18. The average molecular weight is 253 g/mol. The van der Waals surface area contributed by atoms with Crippen LogP contribution >= 0.6 is 11.5 Å². The first-order valence-corrected chi connectivity index (χ1v) is 6.38. The molecule has 1 aliphatic rings. The van der Waals surface area contributed by atoms with Crippen molar-refractivity contribution >= 4 is 28.2 Å². The maximum atomic E-state index is 11.6. The van der Waals surface area contributed by atoms with Gasteiger partial charge in [0, 0.05) is 6.54 Å². The second-order valence-corrected chi connectivity index (χ2v) is 4.93. The smallest absolute Gasteiger partial charge is 0.242 e. The number of piperidine rings is 1. The van der Waals surface area contributed by atoms with Crippen molar-refractivity contribution in [3.05, 3.63) is 11.3 Å². The Morgan fingerprint density at radius 1 is 1.59 bits per heavy atom. The monoisotopic (exact) mass is 253 g/mol. The maximum Gasteiger partial charge on any atom is 0.242 e. The fourth-order valence-electron chi connectivity index (χ4n) is 1.95. The summed E-state index contributed by atoms with van der Waals surface area (Å²) in [6.45, 7) is 4.06. The molecule has 2 N–H and O–H groups in total. The number of rotatable bonds is 3. The molecule has 1 saturated heterocycles. The molecule has 1 aliphatic heterocycles. The molecule has 17 heavy (non-hydrogen) atoms. The van der Waals surface area contributed by atoms with Gasteiger partial charge >= 0.3 is 0 Å². The van der Waals surface area contributed by atoms with Crippen molar-refractivity contribution in [2.24, 2.45) is 0 Å². The number of carbonyl (C=O) groups is 2. The van der Waals surface area contributed by atoms with E-state index in [4.69, 9.17) is 0 Å². The lowest BCUT2D eigenvalue weighted by Gasteiger charge is -2.23. The topological polar surface area (TPSA) is 71.1 Å². The van der Waals surface area contributed by atoms with E-state index in [1.165, 1.54) is 18.5 Å². The maximum absolute atomic E-state index is 11.6. The number of ketones is 1. The lowest BCUT2D eigenvalue weighted by molar-refractivity contribution is -0.123. The molecule has 0 radical (unpaired) electrons. The molecular formula is C11H15N3O2S. The fraction of sp³-hybridized carbons (Fsp3) is 0.545. The van der Waals surface area contributed by atoms with Crippen LogP contribution in [-0.4, -0.2) is 28.7 Å².